The predicted octanol–water partition coefficient (Wildman–Crippen LogP) is 1.82. The standard InChI is InChI=1S/C16H18Cl2N2O5/c17-11-4-3-10(8-12(11)18)16(24)20-6-1-2-13(20)15(23)19-5-7-25-9-14(21)22/h3-4,8,13H,1-2,5-7,9H2,(H,19,23)(H,21,22). The van der Waals surface area contributed by atoms with E-state index in [2.05, 4.69) is 5.32 Å². The third-order valence-corrected chi connectivity index (χ3v) is 4.49. The van der Waals surface area contributed by atoms with E-state index < -0.39 is 18.6 Å². The number of hydrogen-bond acceptors (Lipinski definition) is 4. The largest absolute Gasteiger partial charge is 0.480 e. The zero-order valence-corrected chi connectivity index (χ0v) is 14.8. The molecule has 25 heavy (non-hydrogen) atoms. The van der Waals surface area contributed by atoms with Crippen LogP contribution in [-0.2, 0) is 14.3 Å². The maximum Gasteiger partial charge on any atom is 0.329 e. The van der Waals surface area contributed by atoms with Crippen molar-refractivity contribution in [3.05, 3.63) is 33.8 Å². The number of ether oxygens (including phenoxy) is 1. The van der Waals surface area contributed by atoms with Gasteiger partial charge in [-0.05, 0) is 31.0 Å². The van der Waals surface area contributed by atoms with E-state index in [-0.39, 0.29) is 30.0 Å². The molecule has 9 heteroatoms. The molecule has 0 bridgehead atoms. The summed E-state index contributed by atoms with van der Waals surface area (Å²) in [5.41, 5.74) is 0.374. The summed E-state index contributed by atoms with van der Waals surface area (Å²) in [7, 11) is 0. The summed E-state index contributed by atoms with van der Waals surface area (Å²) < 4.78 is 4.85. The Labute approximate surface area is 154 Å². The summed E-state index contributed by atoms with van der Waals surface area (Å²) >= 11 is 11.8. The van der Waals surface area contributed by atoms with Gasteiger partial charge in [0.1, 0.15) is 12.6 Å². The first-order valence-electron chi connectivity index (χ1n) is 7.73. The number of aliphatic carboxylic acids is 1. The number of carboxylic acid groups (broad SMARTS) is 1. The van der Waals surface area contributed by atoms with Gasteiger partial charge in [0.15, 0.2) is 0 Å². The van der Waals surface area contributed by atoms with Crippen molar-refractivity contribution in [2.45, 2.75) is 18.9 Å². The van der Waals surface area contributed by atoms with Gasteiger partial charge in [0.25, 0.3) is 5.91 Å². The summed E-state index contributed by atoms with van der Waals surface area (Å²) in [5, 5.41) is 11.8. The van der Waals surface area contributed by atoms with E-state index in [4.69, 9.17) is 33.0 Å². The zero-order chi connectivity index (χ0) is 18.4. The number of carboxylic acids is 1. The molecule has 2 rings (SSSR count). The molecule has 0 saturated carbocycles. The number of halogens is 2. The number of rotatable bonds is 7. The number of hydrogen-bond donors (Lipinski definition) is 2. The van der Waals surface area contributed by atoms with Crippen LogP contribution in [0.4, 0.5) is 0 Å². The van der Waals surface area contributed by atoms with Gasteiger partial charge in [-0.15, -0.1) is 0 Å². The maximum atomic E-state index is 12.6. The van der Waals surface area contributed by atoms with Crippen LogP contribution in [0.2, 0.25) is 10.0 Å². The van der Waals surface area contributed by atoms with E-state index in [1.807, 2.05) is 0 Å². The monoisotopic (exact) mass is 388 g/mol. The molecule has 1 fully saturated rings. The van der Waals surface area contributed by atoms with Gasteiger partial charge >= 0.3 is 5.97 Å². The predicted molar refractivity (Wildman–Crippen MR) is 92.0 cm³/mol. The van der Waals surface area contributed by atoms with Gasteiger partial charge in [0.05, 0.1) is 16.7 Å². The zero-order valence-electron chi connectivity index (χ0n) is 13.3. The van der Waals surface area contributed by atoms with Crippen LogP contribution in [0.25, 0.3) is 0 Å². The van der Waals surface area contributed by atoms with E-state index in [1.165, 1.54) is 11.0 Å². The first-order valence-corrected chi connectivity index (χ1v) is 8.49. The van der Waals surface area contributed by atoms with E-state index >= 15 is 0 Å². The lowest BCUT2D eigenvalue weighted by atomic mass is 10.1. The highest BCUT2D eigenvalue weighted by Gasteiger charge is 2.34. The number of likely N-dealkylation sites (tertiary alicyclic amines) is 1. The molecule has 7 nitrogen and oxygen atoms in total. The lowest BCUT2D eigenvalue weighted by Crippen LogP contribution is -2.46. The highest BCUT2D eigenvalue weighted by atomic mass is 35.5. The molecule has 0 aliphatic carbocycles. The number of nitrogens with zero attached hydrogens (tertiary/aromatic N) is 1. The molecule has 1 aliphatic rings. The van der Waals surface area contributed by atoms with Crippen molar-refractivity contribution in [1.29, 1.82) is 0 Å². The number of nitrogens with one attached hydrogen (secondary N) is 1. The van der Waals surface area contributed by atoms with Gasteiger partial charge in [0, 0.05) is 18.7 Å². The summed E-state index contributed by atoms with van der Waals surface area (Å²) in [6, 6.07) is 4.03. The second-order valence-electron chi connectivity index (χ2n) is 5.52. The molecule has 2 N–H and O–H groups in total. The van der Waals surface area contributed by atoms with Crippen LogP contribution in [0.1, 0.15) is 23.2 Å². The van der Waals surface area contributed by atoms with Crippen molar-refractivity contribution >= 4 is 41.0 Å². The Kier molecular flexibility index (Phi) is 7.04. The third-order valence-electron chi connectivity index (χ3n) is 3.75. The van der Waals surface area contributed by atoms with Gasteiger partial charge in [-0.1, -0.05) is 23.2 Å². The van der Waals surface area contributed by atoms with Gasteiger partial charge in [0.2, 0.25) is 5.91 Å². The van der Waals surface area contributed by atoms with Crippen molar-refractivity contribution in [3.63, 3.8) is 0 Å². The molecule has 1 aliphatic heterocycles. The fourth-order valence-corrected chi connectivity index (χ4v) is 2.90. The molecule has 0 spiro atoms. The molecule has 1 saturated heterocycles. The Balaban J connectivity index is 1.92. The SMILES string of the molecule is O=C(O)COCCNC(=O)C1CCCN1C(=O)c1ccc(Cl)c(Cl)c1. The fourth-order valence-electron chi connectivity index (χ4n) is 2.60. The second kappa shape index (κ2) is 9.03. The molecule has 1 unspecified atom stereocenters. The van der Waals surface area contributed by atoms with Crippen LogP contribution in [0, 0.1) is 0 Å². The quantitative estimate of drug-likeness (QED) is 0.694. The molecular weight excluding hydrogens is 371 g/mol. The summed E-state index contributed by atoms with van der Waals surface area (Å²) in [6.45, 7) is 0.330. The molecule has 1 aromatic rings. The maximum absolute atomic E-state index is 12.6. The van der Waals surface area contributed by atoms with E-state index in [9.17, 15) is 14.4 Å². The van der Waals surface area contributed by atoms with E-state index in [1.54, 1.807) is 12.1 Å². The van der Waals surface area contributed by atoms with E-state index in [0.29, 0.717) is 23.6 Å². The van der Waals surface area contributed by atoms with Crippen LogP contribution in [0.3, 0.4) is 0 Å². The Hall–Kier alpha value is -1.83. The van der Waals surface area contributed by atoms with Crippen molar-refractivity contribution in [2.75, 3.05) is 26.3 Å². The molecule has 2 amide bonds. The summed E-state index contributed by atoms with van der Waals surface area (Å²) in [6.07, 6.45) is 1.29. The number of benzene rings is 1. The van der Waals surface area contributed by atoms with Crippen molar-refractivity contribution < 1.29 is 24.2 Å². The molecule has 0 radical (unpaired) electrons. The van der Waals surface area contributed by atoms with Gasteiger partial charge in [-0.2, -0.15) is 0 Å². The topological polar surface area (TPSA) is 95.9 Å². The lowest BCUT2D eigenvalue weighted by Gasteiger charge is -2.24. The summed E-state index contributed by atoms with van der Waals surface area (Å²) in [4.78, 5) is 36.8. The van der Waals surface area contributed by atoms with Gasteiger partial charge in [-0.25, -0.2) is 4.79 Å². The minimum atomic E-state index is -1.07. The number of amides is 2. The Morgan fingerprint density at radius 3 is 2.72 bits per heavy atom. The minimum Gasteiger partial charge on any atom is -0.480 e. The average molecular weight is 389 g/mol. The number of carbonyl (C=O) groups excluding carboxylic acids is 2. The Morgan fingerprint density at radius 2 is 2.04 bits per heavy atom. The Morgan fingerprint density at radius 1 is 1.28 bits per heavy atom. The minimum absolute atomic E-state index is 0.0888. The molecule has 1 atom stereocenters. The smallest absolute Gasteiger partial charge is 0.329 e. The van der Waals surface area contributed by atoms with Crippen molar-refractivity contribution in [2.24, 2.45) is 0 Å². The van der Waals surface area contributed by atoms with Crippen LogP contribution in [0.5, 0.6) is 0 Å². The van der Waals surface area contributed by atoms with E-state index in [0.717, 1.165) is 6.42 Å². The van der Waals surface area contributed by atoms with Gasteiger partial charge < -0.3 is 20.1 Å². The summed E-state index contributed by atoms with van der Waals surface area (Å²) in [5.74, 6) is -1.64. The second-order valence-corrected chi connectivity index (χ2v) is 6.34. The first-order chi connectivity index (χ1) is 11.9. The average Bonchev–Trinajstić information content (AvgIpc) is 3.05. The normalized spacial score (nSPS) is 16.7. The first kappa shape index (κ1) is 19.5. The fraction of sp³-hybridized carbons (Fsp3) is 0.438. The lowest BCUT2D eigenvalue weighted by molar-refractivity contribution is -0.142. The van der Waals surface area contributed by atoms with Crippen LogP contribution in [0.15, 0.2) is 18.2 Å². The van der Waals surface area contributed by atoms with Crippen molar-refractivity contribution in [3.8, 4) is 0 Å². The highest BCUT2D eigenvalue weighted by Crippen LogP contribution is 2.25. The van der Waals surface area contributed by atoms with Gasteiger partial charge in [-0.3, -0.25) is 9.59 Å². The van der Waals surface area contributed by atoms with Crippen LogP contribution in [-0.4, -0.2) is 60.1 Å². The molecular formula is C16H18Cl2N2O5. The molecule has 136 valence electrons. The Bertz CT molecular complexity index is 668. The van der Waals surface area contributed by atoms with Crippen molar-refractivity contribution in [1.82, 2.24) is 10.2 Å². The van der Waals surface area contributed by atoms with Crippen LogP contribution >= 0.6 is 23.2 Å². The highest BCUT2D eigenvalue weighted by molar-refractivity contribution is 6.42. The molecule has 1 aromatic carbocycles. The number of carbonyl (C=O) groups is 3. The van der Waals surface area contributed by atoms with Crippen LogP contribution < -0.4 is 5.32 Å². The molecule has 1 heterocycles. The molecule has 0 aromatic heterocycles. The third kappa shape index (κ3) is 5.32.